The predicted octanol–water partition coefficient (Wildman–Crippen LogP) is 2.18. The van der Waals surface area contributed by atoms with Crippen LogP contribution in [0.15, 0.2) is 10.9 Å². The lowest BCUT2D eigenvalue weighted by Crippen LogP contribution is -2.53. The van der Waals surface area contributed by atoms with Crippen LogP contribution in [0.5, 0.6) is 0 Å². The fourth-order valence-electron chi connectivity index (χ4n) is 5.24. The Bertz CT molecular complexity index is 840. The smallest absolute Gasteiger partial charge is 0.381 e. The first kappa shape index (κ1) is 20.1. The number of nitrogens with zero attached hydrogens (tertiary/aromatic N) is 4. The van der Waals surface area contributed by atoms with Crippen molar-refractivity contribution < 1.29 is 22.6 Å². The molecule has 3 atom stereocenters. The summed E-state index contributed by atoms with van der Waals surface area (Å²) in [4.78, 5) is 20.8. The van der Waals surface area contributed by atoms with Gasteiger partial charge < -0.3 is 19.3 Å². The number of hydrogen-bond donors (Lipinski definition) is 0. The minimum absolute atomic E-state index is 0.0363. The summed E-state index contributed by atoms with van der Waals surface area (Å²) in [5.74, 6) is 0.965. The quantitative estimate of drug-likeness (QED) is 0.733. The summed E-state index contributed by atoms with van der Waals surface area (Å²) in [7, 11) is 0. The first-order valence-electron chi connectivity index (χ1n) is 10.8. The Balaban J connectivity index is 1.46. The fraction of sp³-hybridized carbons (Fsp3) is 0.800. The van der Waals surface area contributed by atoms with Gasteiger partial charge in [-0.25, -0.2) is 0 Å². The lowest BCUT2D eigenvalue weighted by molar-refractivity contribution is -0.152. The van der Waals surface area contributed by atoms with E-state index in [1.165, 1.54) is 15.5 Å². The Hall–Kier alpha value is -1.81. The molecule has 1 aromatic rings. The number of halogens is 3. The van der Waals surface area contributed by atoms with Gasteiger partial charge in [-0.1, -0.05) is 0 Å². The van der Waals surface area contributed by atoms with Crippen molar-refractivity contribution in [1.82, 2.24) is 9.55 Å². The molecule has 1 aromatic heterocycles. The van der Waals surface area contributed by atoms with Crippen molar-refractivity contribution in [2.75, 3.05) is 42.7 Å². The number of aromatic nitrogens is 2. The van der Waals surface area contributed by atoms with Crippen LogP contribution in [0.3, 0.4) is 0 Å². The molecule has 0 amide bonds. The molecule has 0 aliphatic carbocycles. The molecule has 5 heterocycles. The molecular formula is C20H27F3N4O3. The van der Waals surface area contributed by atoms with Gasteiger partial charge in [0.05, 0.1) is 18.8 Å². The lowest BCUT2D eigenvalue weighted by atomic mass is 9.96. The highest BCUT2D eigenvalue weighted by Gasteiger charge is 2.47. The number of hydrogen-bond acceptors (Lipinski definition) is 6. The van der Waals surface area contributed by atoms with Crippen molar-refractivity contribution in [3.8, 4) is 0 Å². The zero-order chi connectivity index (χ0) is 20.9. The first-order valence-corrected chi connectivity index (χ1v) is 10.8. The number of fused-ring (bicyclic) bond motifs is 3. The molecule has 4 aliphatic rings. The minimum atomic E-state index is -4.37. The van der Waals surface area contributed by atoms with E-state index >= 15 is 0 Å². The third-order valence-corrected chi connectivity index (χ3v) is 6.93. The van der Waals surface area contributed by atoms with Gasteiger partial charge in [-0.2, -0.15) is 18.2 Å². The lowest BCUT2D eigenvalue weighted by Gasteiger charge is -2.40. The second kappa shape index (κ2) is 7.71. The summed E-state index contributed by atoms with van der Waals surface area (Å²) in [6, 6.07) is -0.00473. The van der Waals surface area contributed by atoms with Crippen molar-refractivity contribution in [3.05, 3.63) is 16.4 Å². The van der Waals surface area contributed by atoms with Crippen LogP contribution in [-0.4, -0.2) is 66.8 Å². The van der Waals surface area contributed by atoms with Gasteiger partial charge in [-0.05, 0) is 38.0 Å². The van der Waals surface area contributed by atoms with E-state index in [1.54, 1.807) is 0 Å². The largest absolute Gasteiger partial charge is 0.408 e. The van der Waals surface area contributed by atoms with Gasteiger partial charge in [-0.15, -0.1) is 0 Å². The van der Waals surface area contributed by atoms with E-state index in [-0.39, 0.29) is 43.2 Å². The van der Waals surface area contributed by atoms with Crippen LogP contribution in [0.25, 0.3) is 0 Å². The summed E-state index contributed by atoms with van der Waals surface area (Å²) in [6.07, 6.45) is -1.15. The second-order valence-corrected chi connectivity index (χ2v) is 8.79. The van der Waals surface area contributed by atoms with Gasteiger partial charge in [-0.3, -0.25) is 9.36 Å². The van der Waals surface area contributed by atoms with Crippen LogP contribution < -0.4 is 15.4 Å². The average Bonchev–Trinajstić information content (AvgIpc) is 3.35. The Morgan fingerprint density at radius 3 is 2.67 bits per heavy atom. The number of anilines is 2. The molecule has 0 aromatic carbocycles. The highest BCUT2D eigenvalue weighted by molar-refractivity contribution is 5.49. The van der Waals surface area contributed by atoms with Crippen LogP contribution in [-0.2, 0) is 16.0 Å². The highest BCUT2D eigenvalue weighted by Crippen LogP contribution is 2.37. The molecule has 4 aliphatic heterocycles. The number of ether oxygens (including phenoxy) is 2. The Morgan fingerprint density at radius 2 is 2.00 bits per heavy atom. The molecule has 1 unspecified atom stereocenters. The molecule has 166 valence electrons. The molecule has 0 saturated carbocycles. The standard InChI is InChI=1S/C20H27F3N4O3/c21-20(22,23)16-2-6-26-18(28)10-17(27-11-15-9-14(27)12-30-15)24-19(26)25(16)5-1-13-3-7-29-8-4-13/h10,13-16H,1-9,11-12H2/t14-,15-,16?/m0/s1. The number of morpholine rings is 1. The first-order chi connectivity index (χ1) is 14.4. The van der Waals surface area contributed by atoms with Crippen molar-refractivity contribution in [2.24, 2.45) is 5.92 Å². The van der Waals surface area contributed by atoms with Crippen LogP contribution in [0.2, 0.25) is 0 Å². The molecule has 3 saturated heterocycles. The molecule has 2 bridgehead atoms. The molecule has 7 nitrogen and oxygen atoms in total. The van der Waals surface area contributed by atoms with Gasteiger partial charge in [0.25, 0.3) is 5.56 Å². The predicted molar refractivity (Wildman–Crippen MR) is 104 cm³/mol. The molecule has 30 heavy (non-hydrogen) atoms. The molecule has 0 radical (unpaired) electrons. The van der Waals surface area contributed by atoms with Gasteiger partial charge >= 0.3 is 6.18 Å². The van der Waals surface area contributed by atoms with Crippen molar-refractivity contribution in [3.63, 3.8) is 0 Å². The van der Waals surface area contributed by atoms with Crippen LogP contribution in [0.1, 0.15) is 32.1 Å². The van der Waals surface area contributed by atoms with Crippen LogP contribution in [0, 0.1) is 5.92 Å². The third-order valence-electron chi connectivity index (χ3n) is 6.93. The number of alkyl halides is 3. The second-order valence-electron chi connectivity index (χ2n) is 8.79. The van der Waals surface area contributed by atoms with Crippen molar-refractivity contribution in [1.29, 1.82) is 0 Å². The van der Waals surface area contributed by atoms with Gasteiger partial charge in [0.2, 0.25) is 5.95 Å². The summed E-state index contributed by atoms with van der Waals surface area (Å²) in [5, 5.41) is 0. The third kappa shape index (κ3) is 3.68. The maximum atomic E-state index is 13.9. The zero-order valence-electron chi connectivity index (χ0n) is 16.8. The normalized spacial score (nSPS) is 29.5. The van der Waals surface area contributed by atoms with E-state index in [0.717, 1.165) is 19.3 Å². The molecule has 0 N–H and O–H groups in total. The van der Waals surface area contributed by atoms with E-state index in [1.807, 2.05) is 4.90 Å². The van der Waals surface area contributed by atoms with Gasteiger partial charge in [0.15, 0.2) is 0 Å². The van der Waals surface area contributed by atoms with Crippen LogP contribution >= 0.6 is 0 Å². The Kier molecular flexibility index (Phi) is 5.17. The molecule has 3 fully saturated rings. The van der Waals surface area contributed by atoms with Crippen molar-refractivity contribution in [2.45, 2.75) is 63.0 Å². The van der Waals surface area contributed by atoms with Crippen LogP contribution in [0.4, 0.5) is 24.9 Å². The fourth-order valence-corrected chi connectivity index (χ4v) is 5.24. The summed E-state index contributed by atoms with van der Waals surface area (Å²) < 4.78 is 54.0. The van der Waals surface area contributed by atoms with Gasteiger partial charge in [0.1, 0.15) is 11.9 Å². The molecular weight excluding hydrogens is 401 g/mol. The maximum absolute atomic E-state index is 13.9. The minimum Gasteiger partial charge on any atom is -0.381 e. The molecule has 10 heteroatoms. The molecule has 0 spiro atoms. The molecule has 5 rings (SSSR count). The Morgan fingerprint density at radius 1 is 1.20 bits per heavy atom. The Labute approximate surface area is 172 Å². The van der Waals surface area contributed by atoms with E-state index in [4.69, 9.17) is 9.47 Å². The number of rotatable bonds is 4. The van der Waals surface area contributed by atoms with Gasteiger partial charge in [0, 0.05) is 38.9 Å². The topological polar surface area (TPSA) is 59.8 Å². The van der Waals surface area contributed by atoms with E-state index < -0.39 is 12.2 Å². The maximum Gasteiger partial charge on any atom is 0.408 e. The van der Waals surface area contributed by atoms with E-state index in [2.05, 4.69) is 4.98 Å². The van der Waals surface area contributed by atoms with E-state index in [0.29, 0.717) is 44.5 Å². The van der Waals surface area contributed by atoms with Crippen molar-refractivity contribution >= 4 is 11.8 Å². The SMILES string of the molecule is O=c1cc(N2C[C@@H]3C[C@H]2CO3)nc2n1CCC(C(F)(F)F)N2CCC1CCOCC1. The summed E-state index contributed by atoms with van der Waals surface area (Å²) >= 11 is 0. The van der Waals surface area contributed by atoms with E-state index in [9.17, 15) is 18.0 Å². The monoisotopic (exact) mass is 428 g/mol. The summed E-state index contributed by atoms with van der Waals surface area (Å²) in [5.41, 5.74) is -0.282. The highest BCUT2D eigenvalue weighted by atomic mass is 19.4. The average molecular weight is 428 g/mol. The summed E-state index contributed by atoms with van der Waals surface area (Å²) in [6.45, 7) is 2.79. The zero-order valence-corrected chi connectivity index (χ0v) is 16.8.